The third kappa shape index (κ3) is 4.77. The van der Waals surface area contributed by atoms with Gasteiger partial charge in [-0.15, -0.1) is 0 Å². The van der Waals surface area contributed by atoms with Crippen molar-refractivity contribution in [2.45, 2.75) is 26.7 Å². The molecular weight excluding hydrogens is 282 g/mol. The van der Waals surface area contributed by atoms with Gasteiger partial charge in [-0.2, -0.15) is 0 Å². The van der Waals surface area contributed by atoms with Gasteiger partial charge in [0.1, 0.15) is 0 Å². The Morgan fingerprint density at radius 3 is 2.76 bits per heavy atom. The average molecular weight is 300 g/mol. The topological polar surface area (TPSA) is 52.3 Å². The second kappa shape index (κ2) is 6.64. The number of benzene rings is 1. The van der Waals surface area contributed by atoms with Crippen molar-refractivity contribution in [3.05, 3.63) is 28.2 Å². The Hall–Kier alpha value is -1.03. The molecule has 0 amide bonds. The smallest absolute Gasteiger partial charge is 0.340 e. The Labute approximate surface area is 110 Å². The second-order valence-corrected chi connectivity index (χ2v) is 5.32. The van der Waals surface area contributed by atoms with Crippen LogP contribution in [0.4, 0.5) is 5.69 Å². The highest BCUT2D eigenvalue weighted by Crippen LogP contribution is 2.19. The molecule has 0 spiro atoms. The number of esters is 1. The number of anilines is 1. The van der Waals surface area contributed by atoms with Crippen molar-refractivity contribution in [2.75, 3.05) is 12.3 Å². The minimum Gasteiger partial charge on any atom is -0.462 e. The SMILES string of the molecule is CC(C)CCCOC(=O)c1ccc(Br)cc1N. The molecular formula is C13H18BrNO2. The van der Waals surface area contributed by atoms with Crippen molar-refractivity contribution in [3.8, 4) is 0 Å². The maximum absolute atomic E-state index is 11.7. The fraction of sp³-hybridized carbons (Fsp3) is 0.462. The van der Waals surface area contributed by atoms with E-state index in [0.717, 1.165) is 17.3 Å². The molecule has 0 aliphatic rings. The van der Waals surface area contributed by atoms with E-state index in [9.17, 15) is 4.79 Å². The zero-order valence-electron chi connectivity index (χ0n) is 10.2. The summed E-state index contributed by atoms with van der Waals surface area (Å²) in [6.45, 7) is 4.75. The number of hydrogen-bond donors (Lipinski definition) is 1. The molecule has 17 heavy (non-hydrogen) atoms. The average Bonchev–Trinajstić information content (AvgIpc) is 2.23. The van der Waals surface area contributed by atoms with E-state index in [-0.39, 0.29) is 5.97 Å². The molecule has 0 saturated heterocycles. The van der Waals surface area contributed by atoms with Crippen molar-refractivity contribution in [2.24, 2.45) is 5.92 Å². The Balaban J connectivity index is 2.47. The van der Waals surface area contributed by atoms with Crippen molar-refractivity contribution in [1.82, 2.24) is 0 Å². The lowest BCUT2D eigenvalue weighted by Gasteiger charge is -2.08. The Morgan fingerprint density at radius 1 is 1.47 bits per heavy atom. The van der Waals surface area contributed by atoms with E-state index in [1.165, 1.54) is 0 Å². The van der Waals surface area contributed by atoms with Gasteiger partial charge in [0.15, 0.2) is 0 Å². The highest BCUT2D eigenvalue weighted by atomic mass is 79.9. The molecule has 0 aliphatic heterocycles. The molecule has 0 aromatic heterocycles. The summed E-state index contributed by atoms with van der Waals surface area (Å²) in [5.74, 6) is 0.283. The van der Waals surface area contributed by atoms with Gasteiger partial charge < -0.3 is 10.5 Å². The third-order valence-corrected chi connectivity index (χ3v) is 2.89. The molecule has 3 nitrogen and oxygen atoms in total. The summed E-state index contributed by atoms with van der Waals surface area (Å²) >= 11 is 3.29. The van der Waals surface area contributed by atoms with E-state index in [1.807, 2.05) is 0 Å². The summed E-state index contributed by atoms with van der Waals surface area (Å²) in [5, 5.41) is 0. The largest absolute Gasteiger partial charge is 0.462 e. The summed E-state index contributed by atoms with van der Waals surface area (Å²) in [6, 6.07) is 5.15. The number of ether oxygens (including phenoxy) is 1. The van der Waals surface area contributed by atoms with Crippen molar-refractivity contribution >= 4 is 27.6 Å². The van der Waals surface area contributed by atoms with Crippen LogP contribution in [0.25, 0.3) is 0 Å². The first-order valence-corrected chi connectivity index (χ1v) is 6.52. The normalized spacial score (nSPS) is 10.6. The predicted octanol–water partition coefficient (Wildman–Crippen LogP) is 3.62. The molecule has 4 heteroatoms. The van der Waals surface area contributed by atoms with Crippen LogP contribution >= 0.6 is 15.9 Å². The van der Waals surface area contributed by atoms with Crippen LogP contribution in [-0.4, -0.2) is 12.6 Å². The molecule has 0 bridgehead atoms. The predicted molar refractivity (Wildman–Crippen MR) is 72.9 cm³/mol. The quantitative estimate of drug-likeness (QED) is 0.513. The number of carbonyl (C=O) groups is 1. The number of carbonyl (C=O) groups excluding carboxylic acids is 1. The molecule has 0 saturated carbocycles. The van der Waals surface area contributed by atoms with Gasteiger partial charge in [0.2, 0.25) is 0 Å². The standard InChI is InChI=1S/C13H18BrNO2/c1-9(2)4-3-7-17-13(16)11-6-5-10(14)8-12(11)15/h5-6,8-9H,3-4,7,15H2,1-2H3. The van der Waals surface area contributed by atoms with Crippen LogP contribution in [0, 0.1) is 5.92 Å². The zero-order valence-corrected chi connectivity index (χ0v) is 11.8. The third-order valence-electron chi connectivity index (χ3n) is 2.39. The maximum Gasteiger partial charge on any atom is 0.340 e. The lowest BCUT2D eigenvalue weighted by Crippen LogP contribution is -2.09. The number of halogens is 1. The van der Waals surface area contributed by atoms with Crippen molar-refractivity contribution < 1.29 is 9.53 Å². The van der Waals surface area contributed by atoms with Crippen LogP contribution in [0.15, 0.2) is 22.7 Å². The Bertz CT molecular complexity index is 391. The van der Waals surface area contributed by atoms with Crippen LogP contribution < -0.4 is 5.73 Å². The molecule has 0 radical (unpaired) electrons. The number of nitrogen functional groups attached to an aromatic ring is 1. The van der Waals surface area contributed by atoms with Gasteiger partial charge in [-0.3, -0.25) is 0 Å². The van der Waals surface area contributed by atoms with Gasteiger partial charge in [-0.25, -0.2) is 4.79 Å². The molecule has 0 aliphatic carbocycles. The fourth-order valence-corrected chi connectivity index (χ4v) is 1.83. The second-order valence-electron chi connectivity index (χ2n) is 4.40. The van der Waals surface area contributed by atoms with Crippen LogP contribution in [0.2, 0.25) is 0 Å². The van der Waals surface area contributed by atoms with Crippen molar-refractivity contribution in [3.63, 3.8) is 0 Å². The van der Waals surface area contributed by atoms with E-state index in [2.05, 4.69) is 29.8 Å². The minimum absolute atomic E-state index is 0.348. The monoisotopic (exact) mass is 299 g/mol. The minimum atomic E-state index is -0.348. The maximum atomic E-state index is 11.7. The van der Waals surface area contributed by atoms with Gasteiger partial charge >= 0.3 is 5.97 Å². The molecule has 0 heterocycles. The molecule has 0 unspecified atom stereocenters. The highest BCUT2D eigenvalue weighted by Gasteiger charge is 2.11. The highest BCUT2D eigenvalue weighted by molar-refractivity contribution is 9.10. The summed E-state index contributed by atoms with van der Waals surface area (Å²) in [7, 11) is 0. The van der Waals surface area contributed by atoms with Crippen LogP contribution in [0.5, 0.6) is 0 Å². The molecule has 1 aromatic rings. The fourth-order valence-electron chi connectivity index (χ4n) is 1.45. The van der Waals surface area contributed by atoms with Gasteiger partial charge in [0.05, 0.1) is 12.2 Å². The van der Waals surface area contributed by atoms with E-state index < -0.39 is 0 Å². The summed E-state index contributed by atoms with van der Waals surface area (Å²) in [5.41, 5.74) is 6.61. The lowest BCUT2D eigenvalue weighted by atomic mass is 10.1. The molecule has 1 rings (SSSR count). The molecule has 1 aromatic carbocycles. The number of hydrogen-bond acceptors (Lipinski definition) is 3. The summed E-state index contributed by atoms with van der Waals surface area (Å²) < 4.78 is 6.02. The Kier molecular flexibility index (Phi) is 5.48. The summed E-state index contributed by atoms with van der Waals surface area (Å²) in [6.07, 6.45) is 1.95. The van der Waals surface area contributed by atoms with Crippen LogP contribution in [-0.2, 0) is 4.74 Å². The molecule has 2 N–H and O–H groups in total. The zero-order chi connectivity index (χ0) is 12.8. The first-order valence-electron chi connectivity index (χ1n) is 5.73. The van der Waals surface area contributed by atoms with E-state index in [4.69, 9.17) is 10.5 Å². The van der Waals surface area contributed by atoms with Crippen LogP contribution in [0.1, 0.15) is 37.0 Å². The summed E-state index contributed by atoms with van der Waals surface area (Å²) in [4.78, 5) is 11.7. The molecule has 0 fully saturated rings. The molecule has 94 valence electrons. The van der Waals surface area contributed by atoms with Gasteiger partial charge in [-0.1, -0.05) is 29.8 Å². The van der Waals surface area contributed by atoms with Gasteiger partial charge in [0, 0.05) is 10.2 Å². The number of rotatable bonds is 5. The lowest BCUT2D eigenvalue weighted by molar-refractivity contribution is 0.0496. The molecule has 0 atom stereocenters. The first-order chi connectivity index (χ1) is 8.00. The van der Waals surface area contributed by atoms with E-state index in [1.54, 1.807) is 18.2 Å². The van der Waals surface area contributed by atoms with Gasteiger partial charge in [-0.05, 0) is 37.0 Å². The number of nitrogens with two attached hydrogens (primary N) is 1. The van der Waals surface area contributed by atoms with Crippen molar-refractivity contribution in [1.29, 1.82) is 0 Å². The Morgan fingerprint density at radius 2 is 2.18 bits per heavy atom. The van der Waals surface area contributed by atoms with Gasteiger partial charge in [0.25, 0.3) is 0 Å². The van der Waals surface area contributed by atoms with E-state index in [0.29, 0.717) is 23.8 Å². The van der Waals surface area contributed by atoms with E-state index >= 15 is 0 Å². The first kappa shape index (κ1) is 14.0. The van der Waals surface area contributed by atoms with Crippen LogP contribution in [0.3, 0.4) is 0 Å².